The molecule has 66 valence electrons. The number of H-pyrrole nitrogens is 1. The third kappa shape index (κ3) is 1.64. The minimum absolute atomic E-state index is 0.293. The monoisotopic (exact) mass is 234 g/mol. The number of halogens is 1. The molecule has 0 aliphatic carbocycles. The van der Waals surface area contributed by atoms with E-state index in [2.05, 4.69) is 30.9 Å². The van der Waals surface area contributed by atoms with Crippen LogP contribution in [0.15, 0.2) is 10.7 Å². The maximum Gasteiger partial charge on any atom is 0.341 e. The second-order valence-corrected chi connectivity index (χ2v) is 2.91. The van der Waals surface area contributed by atoms with Gasteiger partial charge in [0.1, 0.15) is 0 Å². The van der Waals surface area contributed by atoms with Crippen LogP contribution in [0.4, 0.5) is 0 Å². The lowest BCUT2D eigenvalue weighted by atomic mass is 10.3. The number of ether oxygens (including phenoxy) is 1. The minimum atomic E-state index is -1.31. The topological polar surface area (TPSA) is 75.2 Å². The van der Waals surface area contributed by atoms with E-state index in [0.717, 1.165) is 0 Å². The normalized spacial score (nSPS) is 12.6. The van der Waals surface area contributed by atoms with Crippen molar-refractivity contribution in [3.8, 4) is 0 Å². The van der Waals surface area contributed by atoms with Crippen LogP contribution in [-0.2, 0) is 9.53 Å². The van der Waals surface area contributed by atoms with Crippen molar-refractivity contribution in [2.45, 2.75) is 6.10 Å². The van der Waals surface area contributed by atoms with Crippen molar-refractivity contribution in [2.75, 3.05) is 7.11 Å². The highest BCUT2D eigenvalue weighted by Gasteiger charge is 2.21. The van der Waals surface area contributed by atoms with E-state index in [1.807, 2.05) is 0 Å². The summed E-state index contributed by atoms with van der Waals surface area (Å²) in [5.41, 5.74) is 0.293. The molecule has 1 aromatic heterocycles. The lowest BCUT2D eigenvalue weighted by molar-refractivity contribution is -0.151. The van der Waals surface area contributed by atoms with Crippen molar-refractivity contribution in [1.82, 2.24) is 10.2 Å². The molecule has 0 saturated carbocycles. The predicted octanol–water partition coefficient (Wildman–Crippen LogP) is 0.379. The molecule has 0 aromatic carbocycles. The van der Waals surface area contributed by atoms with Crippen LogP contribution in [0, 0.1) is 0 Å². The van der Waals surface area contributed by atoms with E-state index in [1.165, 1.54) is 13.3 Å². The quantitative estimate of drug-likeness (QED) is 0.726. The van der Waals surface area contributed by atoms with Gasteiger partial charge in [0, 0.05) is 0 Å². The molecule has 0 bridgehead atoms. The van der Waals surface area contributed by atoms with Crippen LogP contribution in [-0.4, -0.2) is 28.4 Å². The van der Waals surface area contributed by atoms with Gasteiger partial charge in [-0.1, -0.05) is 0 Å². The molecule has 1 rings (SSSR count). The maximum atomic E-state index is 10.8. The van der Waals surface area contributed by atoms with Gasteiger partial charge in [-0.3, -0.25) is 5.10 Å². The SMILES string of the molecule is COC(=O)C(O)c1[nH]ncc1Br. The Morgan fingerprint density at radius 3 is 3.00 bits per heavy atom. The number of carbonyl (C=O) groups excluding carboxylic acids is 1. The third-order valence-electron chi connectivity index (χ3n) is 1.32. The number of esters is 1. The first kappa shape index (κ1) is 9.21. The summed E-state index contributed by atoms with van der Waals surface area (Å²) < 4.78 is 4.88. The number of methoxy groups -OCH3 is 1. The second-order valence-electron chi connectivity index (χ2n) is 2.06. The average molecular weight is 235 g/mol. The van der Waals surface area contributed by atoms with Gasteiger partial charge in [0.2, 0.25) is 0 Å². The van der Waals surface area contributed by atoms with Gasteiger partial charge in [0.25, 0.3) is 0 Å². The Hall–Kier alpha value is -0.880. The Bertz CT molecular complexity index is 286. The maximum absolute atomic E-state index is 10.8. The summed E-state index contributed by atoms with van der Waals surface area (Å²) in [6, 6.07) is 0. The zero-order chi connectivity index (χ0) is 9.14. The van der Waals surface area contributed by atoms with Crippen LogP contribution >= 0.6 is 15.9 Å². The standard InChI is InChI=1S/C6H7BrN2O3/c1-12-6(11)5(10)4-3(7)2-8-9-4/h2,5,10H,1H3,(H,8,9). The van der Waals surface area contributed by atoms with Gasteiger partial charge < -0.3 is 9.84 Å². The fraction of sp³-hybridized carbons (Fsp3) is 0.333. The fourth-order valence-corrected chi connectivity index (χ4v) is 1.11. The summed E-state index contributed by atoms with van der Waals surface area (Å²) >= 11 is 3.10. The Morgan fingerprint density at radius 1 is 1.92 bits per heavy atom. The fourth-order valence-electron chi connectivity index (χ4n) is 0.703. The van der Waals surface area contributed by atoms with Crippen LogP contribution in [0.2, 0.25) is 0 Å². The van der Waals surface area contributed by atoms with Crippen molar-refractivity contribution in [3.63, 3.8) is 0 Å². The van der Waals surface area contributed by atoms with E-state index >= 15 is 0 Å². The zero-order valence-electron chi connectivity index (χ0n) is 6.24. The van der Waals surface area contributed by atoms with E-state index < -0.39 is 12.1 Å². The van der Waals surface area contributed by atoms with Gasteiger partial charge in [-0.15, -0.1) is 0 Å². The van der Waals surface area contributed by atoms with Crippen molar-refractivity contribution < 1.29 is 14.6 Å². The molecule has 1 unspecified atom stereocenters. The van der Waals surface area contributed by atoms with Crippen molar-refractivity contribution in [3.05, 3.63) is 16.4 Å². The van der Waals surface area contributed by atoms with Gasteiger partial charge >= 0.3 is 5.97 Å². The summed E-state index contributed by atoms with van der Waals surface area (Å²) in [5, 5.41) is 15.4. The van der Waals surface area contributed by atoms with Crippen LogP contribution in [0.5, 0.6) is 0 Å². The number of hydrogen-bond acceptors (Lipinski definition) is 4. The molecule has 0 fully saturated rings. The zero-order valence-corrected chi connectivity index (χ0v) is 7.83. The Morgan fingerprint density at radius 2 is 2.58 bits per heavy atom. The lowest BCUT2D eigenvalue weighted by Gasteiger charge is -2.05. The van der Waals surface area contributed by atoms with Gasteiger partial charge in [0.05, 0.1) is 23.5 Å². The highest BCUT2D eigenvalue weighted by Crippen LogP contribution is 2.20. The van der Waals surface area contributed by atoms with Gasteiger partial charge in [0.15, 0.2) is 6.10 Å². The summed E-state index contributed by atoms with van der Waals surface area (Å²) in [5.74, 6) is -0.722. The number of rotatable bonds is 2. The smallest absolute Gasteiger partial charge is 0.341 e. The first-order valence-corrected chi connectivity index (χ1v) is 3.90. The number of aromatic nitrogens is 2. The molecular formula is C6H7BrN2O3. The van der Waals surface area contributed by atoms with E-state index in [9.17, 15) is 9.90 Å². The third-order valence-corrected chi connectivity index (χ3v) is 1.95. The summed E-state index contributed by atoms with van der Waals surface area (Å²) in [7, 11) is 1.20. The van der Waals surface area contributed by atoms with Crippen molar-refractivity contribution in [1.29, 1.82) is 0 Å². The molecule has 5 nitrogen and oxygen atoms in total. The van der Waals surface area contributed by atoms with Gasteiger partial charge in [-0.2, -0.15) is 5.10 Å². The lowest BCUT2D eigenvalue weighted by Crippen LogP contribution is -2.14. The van der Waals surface area contributed by atoms with Crippen LogP contribution in [0.1, 0.15) is 11.8 Å². The van der Waals surface area contributed by atoms with Gasteiger partial charge in [-0.05, 0) is 15.9 Å². The second kappa shape index (κ2) is 3.68. The molecule has 1 atom stereocenters. The average Bonchev–Trinajstić information content (AvgIpc) is 2.48. The largest absolute Gasteiger partial charge is 0.467 e. The molecule has 1 aromatic rings. The summed E-state index contributed by atoms with van der Waals surface area (Å²) in [4.78, 5) is 10.8. The Kier molecular flexibility index (Phi) is 2.83. The minimum Gasteiger partial charge on any atom is -0.467 e. The van der Waals surface area contributed by atoms with E-state index in [-0.39, 0.29) is 0 Å². The van der Waals surface area contributed by atoms with Gasteiger partial charge in [-0.25, -0.2) is 4.79 Å². The Labute approximate surface area is 76.9 Å². The first-order chi connectivity index (χ1) is 5.66. The molecule has 0 radical (unpaired) electrons. The van der Waals surface area contributed by atoms with E-state index in [4.69, 9.17) is 0 Å². The molecule has 1 heterocycles. The highest BCUT2D eigenvalue weighted by atomic mass is 79.9. The van der Waals surface area contributed by atoms with Crippen LogP contribution < -0.4 is 0 Å². The Balaban J connectivity index is 2.84. The number of carbonyl (C=O) groups is 1. The molecule has 6 heteroatoms. The number of nitrogens with one attached hydrogen (secondary N) is 1. The summed E-state index contributed by atoms with van der Waals surface area (Å²) in [6.07, 6.45) is 0.133. The molecule has 0 saturated heterocycles. The number of aliphatic hydroxyl groups excluding tert-OH is 1. The number of aliphatic hydroxyl groups is 1. The molecular weight excluding hydrogens is 228 g/mol. The highest BCUT2D eigenvalue weighted by molar-refractivity contribution is 9.10. The van der Waals surface area contributed by atoms with E-state index in [0.29, 0.717) is 10.2 Å². The number of nitrogens with zero attached hydrogens (tertiary/aromatic N) is 1. The predicted molar refractivity (Wildman–Crippen MR) is 43.3 cm³/mol. The van der Waals surface area contributed by atoms with Crippen molar-refractivity contribution >= 4 is 21.9 Å². The number of hydrogen-bond donors (Lipinski definition) is 2. The van der Waals surface area contributed by atoms with Crippen LogP contribution in [0.3, 0.4) is 0 Å². The molecule has 0 spiro atoms. The molecule has 12 heavy (non-hydrogen) atoms. The van der Waals surface area contributed by atoms with E-state index in [1.54, 1.807) is 0 Å². The molecule has 0 amide bonds. The van der Waals surface area contributed by atoms with Crippen molar-refractivity contribution in [2.24, 2.45) is 0 Å². The first-order valence-electron chi connectivity index (χ1n) is 3.11. The molecule has 2 N–H and O–H groups in total. The summed E-state index contributed by atoms with van der Waals surface area (Å²) in [6.45, 7) is 0. The molecule has 0 aliphatic heterocycles. The molecule has 0 aliphatic rings. The van der Waals surface area contributed by atoms with Crippen LogP contribution in [0.25, 0.3) is 0 Å². The number of aromatic amines is 1.